The maximum absolute atomic E-state index is 8.79. The van der Waals surface area contributed by atoms with Gasteiger partial charge in [-0.25, -0.2) is 0 Å². The van der Waals surface area contributed by atoms with Gasteiger partial charge in [0.25, 0.3) is 0 Å². The molecule has 1 heterocycles. The highest BCUT2D eigenvalue weighted by atomic mass is 15.2. The Morgan fingerprint density at radius 2 is 2.20 bits per heavy atom. The first kappa shape index (κ1) is 12.9. The predicted octanol–water partition coefficient (Wildman–Crippen LogP) is 2.70. The first-order valence-electron chi connectivity index (χ1n) is 7.02. The van der Waals surface area contributed by atoms with E-state index in [0.717, 1.165) is 29.7 Å². The van der Waals surface area contributed by atoms with Crippen LogP contribution >= 0.6 is 0 Å². The van der Waals surface area contributed by atoms with E-state index in [0.29, 0.717) is 12.5 Å². The number of nitrogens with zero attached hydrogens (tertiary/aromatic N) is 3. The molecule has 3 rings (SSSR count). The molecular formula is C16H18N4. The summed E-state index contributed by atoms with van der Waals surface area (Å²) < 4.78 is 0. The van der Waals surface area contributed by atoms with Gasteiger partial charge in [0.2, 0.25) is 0 Å². The zero-order chi connectivity index (χ0) is 13.9. The molecule has 1 aromatic carbocycles. The quantitative estimate of drug-likeness (QED) is 0.845. The highest BCUT2D eigenvalue weighted by Gasteiger charge is 2.28. The van der Waals surface area contributed by atoms with Crippen molar-refractivity contribution in [3.63, 3.8) is 0 Å². The molecule has 0 amide bonds. The number of rotatable bonds is 5. The highest BCUT2D eigenvalue weighted by molar-refractivity contribution is 5.92. The molecule has 0 spiro atoms. The Morgan fingerprint density at radius 1 is 1.35 bits per heavy atom. The van der Waals surface area contributed by atoms with Crippen molar-refractivity contribution in [2.75, 3.05) is 12.3 Å². The molecule has 1 saturated carbocycles. The zero-order valence-electron chi connectivity index (χ0n) is 11.4. The van der Waals surface area contributed by atoms with Gasteiger partial charge < -0.3 is 5.73 Å². The second kappa shape index (κ2) is 5.48. The highest BCUT2D eigenvalue weighted by Crippen LogP contribution is 2.30. The number of fused-ring (bicyclic) bond motifs is 1. The number of anilines is 1. The smallest absolute Gasteiger partial charge is 0.0767 e. The topological polar surface area (TPSA) is 65.9 Å². The molecule has 0 radical (unpaired) electrons. The SMILES string of the molecule is N#CCCN(Cc1ccc(N)c2cccnc12)C1CC1. The van der Waals surface area contributed by atoms with Crippen LogP contribution in [0, 0.1) is 11.3 Å². The van der Waals surface area contributed by atoms with Crippen molar-refractivity contribution < 1.29 is 0 Å². The van der Waals surface area contributed by atoms with Crippen LogP contribution in [0.25, 0.3) is 10.9 Å². The molecule has 1 aliphatic rings. The Labute approximate surface area is 118 Å². The summed E-state index contributed by atoms with van der Waals surface area (Å²) in [6.45, 7) is 1.68. The van der Waals surface area contributed by atoms with Gasteiger partial charge in [0.15, 0.2) is 0 Å². The van der Waals surface area contributed by atoms with E-state index in [1.54, 1.807) is 0 Å². The van der Waals surface area contributed by atoms with Gasteiger partial charge >= 0.3 is 0 Å². The van der Waals surface area contributed by atoms with Crippen LogP contribution in [0.4, 0.5) is 5.69 Å². The minimum absolute atomic E-state index is 0.580. The molecule has 1 aliphatic carbocycles. The van der Waals surface area contributed by atoms with Crippen molar-refractivity contribution in [2.45, 2.75) is 31.8 Å². The number of aromatic nitrogens is 1. The lowest BCUT2D eigenvalue weighted by Crippen LogP contribution is -2.26. The first-order valence-corrected chi connectivity index (χ1v) is 7.02. The van der Waals surface area contributed by atoms with Gasteiger partial charge in [0.1, 0.15) is 0 Å². The second-order valence-corrected chi connectivity index (χ2v) is 5.32. The third-order valence-electron chi connectivity index (χ3n) is 3.83. The number of hydrogen-bond donors (Lipinski definition) is 1. The number of hydrogen-bond acceptors (Lipinski definition) is 4. The van der Waals surface area contributed by atoms with Gasteiger partial charge in [-0.2, -0.15) is 5.26 Å². The van der Waals surface area contributed by atoms with Crippen LogP contribution < -0.4 is 5.73 Å². The maximum atomic E-state index is 8.79. The zero-order valence-corrected chi connectivity index (χ0v) is 11.4. The molecule has 2 N–H and O–H groups in total. The summed E-state index contributed by atoms with van der Waals surface area (Å²) >= 11 is 0. The summed E-state index contributed by atoms with van der Waals surface area (Å²) in [5, 5.41) is 9.80. The number of pyridine rings is 1. The third-order valence-corrected chi connectivity index (χ3v) is 3.83. The van der Waals surface area contributed by atoms with Crippen molar-refractivity contribution in [3.8, 4) is 6.07 Å². The lowest BCUT2D eigenvalue weighted by molar-refractivity contribution is 0.262. The van der Waals surface area contributed by atoms with Crippen molar-refractivity contribution >= 4 is 16.6 Å². The van der Waals surface area contributed by atoms with E-state index in [1.165, 1.54) is 18.4 Å². The fourth-order valence-corrected chi connectivity index (χ4v) is 2.62. The molecule has 4 nitrogen and oxygen atoms in total. The van der Waals surface area contributed by atoms with Crippen LogP contribution in [-0.4, -0.2) is 22.5 Å². The largest absolute Gasteiger partial charge is 0.398 e. The Hall–Kier alpha value is -2.12. The number of nitrogen functional groups attached to an aromatic ring is 1. The molecule has 4 heteroatoms. The Kier molecular flexibility index (Phi) is 3.53. The van der Waals surface area contributed by atoms with Gasteiger partial charge in [-0.1, -0.05) is 6.07 Å². The normalized spacial score (nSPS) is 14.6. The molecule has 0 aliphatic heterocycles. The predicted molar refractivity (Wildman–Crippen MR) is 79.8 cm³/mol. The van der Waals surface area contributed by atoms with Crippen molar-refractivity contribution in [1.82, 2.24) is 9.88 Å². The first-order chi connectivity index (χ1) is 9.79. The van der Waals surface area contributed by atoms with E-state index < -0.39 is 0 Å². The van der Waals surface area contributed by atoms with Crippen molar-refractivity contribution in [2.24, 2.45) is 0 Å². The summed E-state index contributed by atoms with van der Waals surface area (Å²) in [6, 6.07) is 10.8. The monoisotopic (exact) mass is 266 g/mol. The van der Waals surface area contributed by atoms with Gasteiger partial charge in [-0.3, -0.25) is 9.88 Å². The van der Waals surface area contributed by atoms with Crippen LogP contribution in [0.5, 0.6) is 0 Å². The average molecular weight is 266 g/mol. The minimum Gasteiger partial charge on any atom is -0.398 e. The summed E-state index contributed by atoms with van der Waals surface area (Å²) in [5.74, 6) is 0. The van der Waals surface area contributed by atoms with Gasteiger partial charge in [-0.15, -0.1) is 0 Å². The molecular weight excluding hydrogens is 248 g/mol. The standard InChI is InChI=1S/C16H18N4/c17-8-2-10-20(13-5-6-13)11-12-4-7-15(18)14-3-1-9-19-16(12)14/h1,3-4,7,9,13H,2,5-6,10-11,18H2. The van der Waals surface area contributed by atoms with Crippen LogP contribution in [0.3, 0.4) is 0 Å². The van der Waals surface area contributed by atoms with Crippen LogP contribution in [-0.2, 0) is 6.54 Å². The van der Waals surface area contributed by atoms with Gasteiger partial charge in [0, 0.05) is 42.8 Å². The molecule has 1 aromatic heterocycles. The fourth-order valence-electron chi connectivity index (χ4n) is 2.62. The average Bonchev–Trinajstić information content (AvgIpc) is 3.31. The number of benzene rings is 1. The molecule has 0 bridgehead atoms. The lowest BCUT2D eigenvalue weighted by Gasteiger charge is -2.21. The maximum Gasteiger partial charge on any atom is 0.0767 e. The number of nitrogens with two attached hydrogens (primary N) is 1. The lowest BCUT2D eigenvalue weighted by atomic mass is 10.1. The van der Waals surface area contributed by atoms with E-state index in [-0.39, 0.29) is 0 Å². The van der Waals surface area contributed by atoms with Crippen LogP contribution in [0.2, 0.25) is 0 Å². The Bertz CT molecular complexity index is 655. The fraction of sp³-hybridized carbons (Fsp3) is 0.375. The van der Waals surface area contributed by atoms with E-state index >= 15 is 0 Å². The van der Waals surface area contributed by atoms with E-state index in [1.807, 2.05) is 24.4 Å². The van der Waals surface area contributed by atoms with Crippen molar-refractivity contribution in [1.29, 1.82) is 5.26 Å². The van der Waals surface area contributed by atoms with Crippen molar-refractivity contribution in [3.05, 3.63) is 36.0 Å². The molecule has 0 atom stereocenters. The summed E-state index contributed by atoms with van der Waals surface area (Å²) in [6.07, 6.45) is 4.87. The molecule has 102 valence electrons. The van der Waals surface area contributed by atoms with Crippen LogP contribution in [0.15, 0.2) is 30.5 Å². The molecule has 0 unspecified atom stereocenters. The van der Waals surface area contributed by atoms with Crippen LogP contribution in [0.1, 0.15) is 24.8 Å². The van der Waals surface area contributed by atoms with E-state index in [9.17, 15) is 0 Å². The summed E-state index contributed by atoms with van der Waals surface area (Å²) in [7, 11) is 0. The molecule has 2 aromatic rings. The molecule has 1 fully saturated rings. The van der Waals surface area contributed by atoms with E-state index in [4.69, 9.17) is 11.0 Å². The Morgan fingerprint density at radius 3 is 2.95 bits per heavy atom. The van der Waals surface area contributed by atoms with Gasteiger partial charge in [0.05, 0.1) is 11.6 Å². The molecule has 20 heavy (non-hydrogen) atoms. The third kappa shape index (κ3) is 2.59. The number of nitriles is 1. The second-order valence-electron chi connectivity index (χ2n) is 5.32. The molecule has 0 saturated heterocycles. The summed E-state index contributed by atoms with van der Waals surface area (Å²) in [4.78, 5) is 6.88. The minimum atomic E-state index is 0.580. The van der Waals surface area contributed by atoms with E-state index in [2.05, 4.69) is 22.0 Å². The summed E-state index contributed by atoms with van der Waals surface area (Å²) in [5.41, 5.74) is 8.96. The Balaban J connectivity index is 1.90. The van der Waals surface area contributed by atoms with Gasteiger partial charge in [-0.05, 0) is 36.6 Å².